The predicted octanol–water partition coefficient (Wildman–Crippen LogP) is 2.14. The molecular formula is C12H15BrN2O. The van der Waals surface area contributed by atoms with Crippen LogP contribution in [0.25, 0.3) is 0 Å². The third-order valence-electron chi connectivity index (χ3n) is 2.94. The van der Waals surface area contributed by atoms with Gasteiger partial charge in [-0.05, 0) is 24.5 Å². The predicted molar refractivity (Wildman–Crippen MR) is 66.4 cm³/mol. The molecule has 2 rings (SSSR count). The largest absolute Gasteiger partial charge is 0.336 e. The fourth-order valence-electron chi connectivity index (χ4n) is 1.97. The van der Waals surface area contributed by atoms with Gasteiger partial charge >= 0.3 is 0 Å². The highest BCUT2D eigenvalue weighted by molar-refractivity contribution is 9.10. The van der Waals surface area contributed by atoms with Crippen molar-refractivity contribution in [2.24, 2.45) is 0 Å². The van der Waals surface area contributed by atoms with Crippen LogP contribution in [-0.4, -0.2) is 27.2 Å². The fraction of sp³-hybridized carbons (Fsp3) is 0.500. The van der Waals surface area contributed by atoms with Gasteiger partial charge in [-0.1, -0.05) is 28.9 Å². The lowest BCUT2D eigenvalue weighted by molar-refractivity contribution is -0.127. The van der Waals surface area contributed by atoms with Crippen LogP contribution in [-0.2, 0) is 17.8 Å². The van der Waals surface area contributed by atoms with Crippen molar-refractivity contribution in [3.63, 3.8) is 0 Å². The number of likely N-dealkylation sites (tertiary alicyclic amines) is 1. The van der Waals surface area contributed by atoms with Gasteiger partial charge in [-0.15, -0.1) is 0 Å². The number of rotatable bonds is 3. The number of halogens is 1. The van der Waals surface area contributed by atoms with Gasteiger partial charge < -0.3 is 4.90 Å². The molecule has 0 saturated carbocycles. The molecule has 0 spiro atoms. The second-order valence-electron chi connectivity index (χ2n) is 3.98. The molecule has 86 valence electrons. The van der Waals surface area contributed by atoms with Crippen molar-refractivity contribution in [2.75, 3.05) is 6.54 Å². The molecule has 16 heavy (non-hydrogen) atoms. The Labute approximate surface area is 104 Å². The second kappa shape index (κ2) is 4.95. The van der Waals surface area contributed by atoms with Gasteiger partial charge in [-0.2, -0.15) is 0 Å². The maximum absolute atomic E-state index is 11.8. The number of aromatic nitrogens is 1. The molecular weight excluding hydrogens is 268 g/mol. The number of nitrogens with zero attached hydrogens (tertiary/aromatic N) is 2. The Morgan fingerprint density at radius 2 is 2.44 bits per heavy atom. The lowest BCUT2D eigenvalue weighted by Gasteiger charge is -2.16. The first kappa shape index (κ1) is 11.6. The summed E-state index contributed by atoms with van der Waals surface area (Å²) in [5.41, 5.74) is 2.26. The molecule has 0 bridgehead atoms. The Morgan fingerprint density at radius 1 is 1.62 bits per heavy atom. The average Bonchev–Trinajstić information content (AvgIpc) is 2.62. The molecule has 1 amide bonds. The number of amides is 1. The molecule has 4 heteroatoms. The van der Waals surface area contributed by atoms with Crippen LogP contribution >= 0.6 is 15.9 Å². The van der Waals surface area contributed by atoms with Gasteiger partial charge in [0.05, 0.1) is 17.1 Å². The van der Waals surface area contributed by atoms with Crippen molar-refractivity contribution < 1.29 is 4.79 Å². The summed E-state index contributed by atoms with van der Waals surface area (Å²) in [4.78, 5) is 18.0. The summed E-state index contributed by atoms with van der Waals surface area (Å²) in [5, 5.41) is 0. The van der Waals surface area contributed by atoms with E-state index in [1.807, 2.05) is 11.0 Å². The standard InChI is InChI=1S/C12H15BrN2O/c1-2-9-4-3-6-14-11(9)8-15-7-5-10(13)12(15)16/h3-4,6,10H,2,5,7-8H2,1H3. The number of alkyl halides is 1. The third kappa shape index (κ3) is 2.26. The first-order valence-corrected chi connectivity index (χ1v) is 6.49. The van der Waals surface area contributed by atoms with Crippen molar-refractivity contribution in [2.45, 2.75) is 31.1 Å². The van der Waals surface area contributed by atoms with Gasteiger partial charge in [-0.3, -0.25) is 9.78 Å². The van der Waals surface area contributed by atoms with E-state index in [0.29, 0.717) is 6.54 Å². The first-order chi connectivity index (χ1) is 7.72. The van der Waals surface area contributed by atoms with Crippen molar-refractivity contribution in [1.82, 2.24) is 9.88 Å². The first-order valence-electron chi connectivity index (χ1n) is 5.58. The summed E-state index contributed by atoms with van der Waals surface area (Å²) in [6.45, 7) is 3.58. The summed E-state index contributed by atoms with van der Waals surface area (Å²) in [7, 11) is 0. The number of pyridine rings is 1. The Hall–Kier alpha value is -0.900. The van der Waals surface area contributed by atoms with Crippen LogP contribution in [0.15, 0.2) is 18.3 Å². The van der Waals surface area contributed by atoms with Gasteiger partial charge in [0.15, 0.2) is 0 Å². The van der Waals surface area contributed by atoms with E-state index in [1.54, 1.807) is 6.20 Å². The Bertz CT molecular complexity index is 394. The topological polar surface area (TPSA) is 33.2 Å². The normalized spacial score (nSPS) is 20.5. The number of hydrogen-bond acceptors (Lipinski definition) is 2. The molecule has 1 aliphatic heterocycles. The van der Waals surface area contributed by atoms with E-state index < -0.39 is 0 Å². The van der Waals surface area contributed by atoms with Crippen LogP contribution in [0.3, 0.4) is 0 Å². The molecule has 0 aliphatic carbocycles. The van der Waals surface area contributed by atoms with Crippen molar-refractivity contribution in [3.05, 3.63) is 29.6 Å². The summed E-state index contributed by atoms with van der Waals surface area (Å²) >= 11 is 3.38. The zero-order chi connectivity index (χ0) is 11.5. The minimum absolute atomic E-state index is 0.00119. The van der Waals surface area contributed by atoms with Crippen molar-refractivity contribution in [1.29, 1.82) is 0 Å². The maximum atomic E-state index is 11.8. The molecule has 0 aromatic carbocycles. The minimum atomic E-state index is 0.00119. The Kier molecular flexibility index (Phi) is 3.59. The van der Waals surface area contributed by atoms with Crippen LogP contribution in [0.4, 0.5) is 0 Å². The van der Waals surface area contributed by atoms with Gasteiger partial charge in [0, 0.05) is 12.7 Å². The maximum Gasteiger partial charge on any atom is 0.236 e. The Balaban J connectivity index is 2.12. The van der Waals surface area contributed by atoms with Crippen LogP contribution in [0, 0.1) is 0 Å². The van der Waals surface area contributed by atoms with Gasteiger partial charge in [0.25, 0.3) is 0 Å². The number of carbonyl (C=O) groups excluding carboxylic acids is 1. The van der Waals surface area contributed by atoms with Gasteiger partial charge in [0.1, 0.15) is 0 Å². The summed E-state index contributed by atoms with van der Waals surface area (Å²) in [5.74, 6) is 0.188. The molecule has 1 aliphatic rings. The average molecular weight is 283 g/mol. The monoisotopic (exact) mass is 282 g/mol. The molecule has 1 saturated heterocycles. The van der Waals surface area contributed by atoms with E-state index in [4.69, 9.17) is 0 Å². The lowest BCUT2D eigenvalue weighted by atomic mass is 10.1. The summed E-state index contributed by atoms with van der Waals surface area (Å²) in [6, 6.07) is 4.02. The third-order valence-corrected chi connectivity index (χ3v) is 3.79. The van der Waals surface area contributed by atoms with E-state index in [0.717, 1.165) is 25.1 Å². The smallest absolute Gasteiger partial charge is 0.236 e. The highest BCUT2D eigenvalue weighted by Gasteiger charge is 2.29. The van der Waals surface area contributed by atoms with E-state index in [1.165, 1.54) is 5.56 Å². The van der Waals surface area contributed by atoms with Crippen LogP contribution in [0.2, 0.25) is 0 Å². The van der Waals surface area contributed by atoms with E-state index >= 15 is 0 Å². The summed E-state index contributed by atoms with van der Waals surface area (Å²) < 4.78 is 0. The molecule has 3 nitrogen and oxygen atoms in total. The van der Waals surface area contributed by atoms with Crippen molar-refractivity contribution in [3.8, 4) is 0 Å². The van der Waals surface area contributed by atoms with Crippen LogP contribution in [0.1, 0.15) is 24.6 Å². The lowest BCUT2D eigenvalue weighted by Crippen LogP contribution is -2.27. The molecule has 0 N–H and O–H groups in total. The van der Waals surface area contributed by atoms with Crippen LogP contribution in [0.5, 0.6) is 0 Å². The van der Waals surface area contributed by atoms with Crippen molar-refractivity contribution >= 4 is 21.8 Å². The zero-order valence-corrected chi connectivity index (χ0v) is 10.9. The zero-order valence-electron chi connectivity index (χ0n) is 9.32. The van der Waals surface area contributed by atoms with Gasteiger partial charge in [-0.25, -0.2) is 0 Å². The number of aryl methyl sites for hydroxylation is 1. The highest BCUT2D eigenvalue weighted by Crippen LogP contribution is 2.21. The molecule has 0 radical (unpaired) electrons. The number of hydrogen-bond donors (Lipinski definition) is 0. The molecule has 1 atom stereocenters. The Morgan fingerprint density at radius 3 is 3.06 bits per heavy atom. The van der Waals surface area contributed by atoms with E-state index in [2.05, 4.69) is 33.9 Å². The molecule has 2 heterocycles. The molecule has 1 unspecified atom stereocenters. The summed E-state index contributed by atoms with van der Waals surface area (Å²) in [6.07, 6.45) is 3.65. The molecule has 1 fully saturated rings. The quantitative estimate of drug-likeness (QED) is 0.796. The van der Waals surface area contributed by atoms with E-state index in [9.17, 15) is 4.79 Å². The molecule has 1 aromatic heterocycles. The van der Waals surface area contributed by atoms with Crippen LogP contribution < -0.4 is 0 Å². The minimum Gasteiger partial charge on any atom is -0.336 e. The number of carbonyl (C=O) groups is 1. The second-order valence-corrected chi connectivity index (χ2v) is 5.08. The SMILES string of the molecule is CCc1cccnc1CN1CCC(Br)C1=O. The fourth-order valence-corrected chi connectivity index (χ4v) is 2.47. The van der Waals surface area contributed by atoms with Gasteiger partial charge in [0.2, 0.25) is 5.91 Å². The highest BCUT2D eigenvalue weighted by atomic mass is 79.9. The molecule has 1 aromatic rings. The van der Waals surface area contributed by atoms with E-state index in [-0.39, 0.29) is 10.7 Å².